The summed E-state index contributed by atoms with van der Waals surface area (Å²) in [5, 5.41) is 0. The molecular formula is C15H19N3O2. The molecule has 20 heavy (non-hydrogen) atoms. The number of esters is 1. The van der Waals surface area contributed by atoms with Crippen molar-refractivity contribution in [3.05, 3.63) is 24.3 Å². The van der Waals surface area contributed by atoms with Crippen LogP contribution in [0.25, 0.3) is 11.0 Å². The van der Waals surface area contributed by atoms with E-state index in [2.05, 4.69) is 14.9 Å². The summed E-state index contributed by atoms with van der Waals surface area (Å²) in [6.07, 6.45) is 1.66. The number of anilines is 1. The Balaban J connectivity index is 1.67. The SMILES string of the molecule is CCOC(=O)C1CCN(c2nc3ccccc3[nH]2)CC1. The number of para-hydroxylation sites is 2. The van der Waals surface area contributed by atoms with Crippen molar-refractivity contribution in [2.75, 3.05) is 24.6 Å². The smallest absolute Gasteiger partial charge is 0.309 e. The first-order chi connectivity index (χ1) is 9.78. The van der Waals surface area contributed by atoms with Gasteiger partial charge in [-0.15, -0.1) is 0 Å². The number of ether oxygens (including phenoxy) is 1. The van der Waals surface area contributed by atoms with Crippen LogP contribution >= 0.6 is 0 Å². The van der Waals surface area contributed by atoms with Crippen molar-refractivity contribution in [1.29, 1.82) is 0 Å². The lowest BCUT2D eigenvalue weighted by Crippen LogP contribution is -2.37. The molecule has 3 rings (SSSR count). The molecule has 1 aliphatic heterocycles. The highest BCUT2D eigenvalue weighted by Crippen LogP contribution is 2.24. The zero-order valence-corrected chi connectivity index (χ0v) is 11.6. The van der Waals surface area contributed by atoms with Crippen LogP contribution < -0.4 is 4.90 Å². The lowest BCUT2D eigenvalue weighted by atomic mass is 9.97. The monoisotopic (exact) mass is 273 g/mol. The number of H-pyrrole nitrogens is 1. The van der Waals surface area contributed by atoms with E-state index in [-0.39, 0.29) is 11.9 Å². The van der Waals surface area contributed by atoms with Crippen molar-refractivity contribution < 1.29 is 9.53 Å². The molecule has 0 radical (unpaired) electrons. The summed E-state index contributed by atoms with van der Waals surface area (Å²) in [4.78, 5) is 21.9. The molecule has 1 aromatic heterocycles. The van der Waals surface area contributed by atoms with E-state index < -0.39 is 0 Å². The average molecular weight is 273 g/mol. The molecule has 0 amide bonds. The third-order valence-electron chi connectivity index (χ3n) is 3.79. The van der Waals surface area contributed by atoms with E-state index in [4.69, 9.17) is 4.74 Å². The zero-order valence-electron chi connectivity index (χ0n) is 11.6. The fourth-order valence-electron chi connectivity index (χ4n) is 2.68. The molecule has 5 heteroatoms. The quantitative estimate of drug-likeness (QED) is 0.872. The number of nitrogens with one attached hydrogen (secondary N) is 1. The molecule has 5 nitrogen and oxygen atoms in total. The van der Waals surface area contributed by atoms with Gasteiger partial charge in [-0.3, -0.25) is 4.79 Å². The predicted molar refractivity (Wildman–Crippen MR) is 77.7 cm³/mol. The van der Waals surface area contributed by atoms with Crippen LogP contribution in [0.5, 0.6) is 0 Å². The Labute approximate surface area is 117 Å². The maximum absolute atomic E-state index is 11.7. The maximum Gasteiger partial charge on any atom is 0.309 e. The van der Waals surface area contributed by atoms with E-state index in [1.807, 2.05) is 31.2 Å². The predicted octanol–water partition coefficient (Wildman–Crippen LogP) is 2.34. The first-order valence-corrected chi connectivity index (χ1v) is 7.14. The summed E-state index contributed by atoms with van der Waals surface area (Å²) in [7, 11) is 0. The first-order valence-electron chi connectivity index (χ1n) is 7.14. The minimum atomic E-state index is -0.0586. The van der Waals surface area contributed by atoms with Gasteiger partial charge < -0.3 is 14.6 Å². The normalized spacial score (nSPS) is 16.6. The molecule has 0 spiro atoms. The van der Waals surface area contributed by atoms with Crippen LogP contribution in [-0.4, -0.2) is 35.6 Å². The molecule has 0 unspecified atom stereocenters. The number of fused-ring (bicyclic) bond motifs is 1. The molecule has 2 aromatic rings. The highest BCUT2D eigenvalue weighted by molar-refractivity contribution is 5.77. The molecule has 2 heterocycles. The lowest BCUT2D eigenvalue weighted by Gasteiger charge is -2.30. The van der Waals surface area contributed by atoms with E-state index in [1.165, 1.54) is 0 Å². The van der Waals surface area contributed by atoms with Gasteiger partial charge >= 0.3 is 5.97 Å². The zero-order chi connectivity index (χ0) is 13.9. The van der Waals surface area contributed by atoms with E-state index in [0.29, 0.717) is 6.61 Å². The Bertz CT molecular complexity index is 567. The van der Waals surface area contributed by atoms with Gasteiger partial charge in [0.15, 0.2) is 0 Å². The van der Waals surface area contributed by atoms with Gasteiger partial charge in [-0.1, -0.05) is 12.1 Å². The third-order valence-corrected chi connectivity index (χ3v) is 3.79. The first kappa shape index (κ1) is 13.0. The van der Waals surface area contributed by atoms with Crippen molar-refractivity contribution in [3.63, 3.8) is 0 Å². The molecule has 1 aromatic carbocycles. The lowest BCUT2D eigenvalue weighted by molar-refractivity contribution is -0.148. The van der Waals surface area contributed by atoms with E-state index in [1.54, 1.807) is 0 Å². The van der Waals surface area contributed by atoms with E-state index >= 15 is 0 Å². The molecule has 0 saturated carbocycles. The Morgan fingerprint density at radius 2 is 2.15 bits per heavy atom. The minimum absolute atomic E-state index is 0.0376. The van der Waals surface area contributed by atoms with Crippen molar-refractivity contribution >= 4 is 23.0 Å². The van der Waals surface area contributed by atoms with Gasteiger partial charge in [0.2, 0.25) is 5.95 Å². The fraction of sp³-hybridized carbons (Fsp3) is 0.467. The summed E-state index contributed by atoms with van der Waals surface area (Å²) in [6, 6.07) is 8.01. The summed E-state index contributed by atoms with van der Waals surface area (Å²) < 4.78 is 5.09. The molecule has 106 valence electrons. The van der Waals surface area contributed by atoms with Crippen LogP contribution in [0.1, 0.15) is 19.8 Å². The Kier molecular flexibility index (Phi) is 3.58. The topological polar surface area (TPSA) is 58.2 Å². The van der Waals surface area contributed by atoms with Crippen LogP contribution in [-0.2, 0) is 9.53 Å². The summed E-state index contributed by atoms with van der Waals surface area (Å²) in [5.74, 6) is 0.876. The van der Waals surface area contributed by atoms with Gasteiger partial charge in [0.05, 0.1) is 23.6 Å². The second-order valence-corrected chi connectivity index (χ2v) is 5.09. The molecule has 1 saturated heterocycles. The highest BCUT2D eigenvalue weighted by Gasteiger charge is 2.27. The summed E-state index contributed by atoms with van der Waals surface area (Å²) in [6.45, 7) is 3.98. The van der Waals surface area contributed by atoms with Crippen LogP contribution in [0.15, 0.2) is 24.3 Å². The van der Waals surface area contributed by atoms with Gasteiger partial charge in [0.25, 0.3) is 0 Å². The number of piperidine rings is 1. The Morgan fingerprint density at radius 1 is 1.40 bits per heavy atom. The van der Waals surface area contributed by atoms with Gasteiger partial charge in [-0.2, -0.15) is 0 Å². The largest absolute Gasteiger partial charge is 0.466 e. The number of hydrogen-bond acceptors (Lipinski definition) is 4. The number of aromatic nitrogens is 2. The molecule has 0 aliphatic carbocycles. The van der Waals surface area contributed by atoms with Crippen LogP contribution in [0.4, 0.5) is 5.95 Å². The second kappa shape index (κ2) is 5.53. The third kappa shape index (κ3) is 2.48. The van der Waals surface area contributed by atoms with Crippen molar-refractivity contribution in [3.8, 4) is 0 Å². The molecular weight excluding hydrogens is 254 g/mol. The fourth-order valence-corrected chi connectivity index (χ4v) is 2.68. The number of imidazole rings is 1. The van der Waals surface area contributed by atoms with Crippen molar-refractivity contribution in [2.45, 2.75) is 19.8 Å². The van der Waals surface area contributed by atoms with E-state index in [9.17, 15) is 4.79 Å². The highest BCUT2D eigenvalue weighted by atomic mass is 16.5. The average Bonchev–Trinajstić information content (AvgIpc) is 2.91. The summed E-state index contributed by atoms with van der Waals surface area (Å²) >= 11 is 0. The minimum Gasteiger partial charge on any atom is -0.466 e. The molecule has 1 fully saturated rings. The van der Waals surface area contributed by atoms with Crippen molar-refractivity contribution in [2.24, 2.45) is 5.92 Å². The number of aromatic amines is 1. The van der Waals surface area contributed by atoms with Crippen molar-refractivity contribution in [1.82, 2.24) is 9.97 Å². The molecule has 0 bridgehead atoms. The van der Waals surface area contributed by atoms with Crippen LogP contribution in [0.2, 0.25) is 0 Å². The summed E-state index contributed by atoms with van der Waals surface area (Å²) in [5.41, 5.74) is 2.03. The number of rotatable bonds is 3. The second-order valence-electron chi connectivity index (χ2n) is 5.09. The number of carbonyl (C=O) groups excluding carboxylic acids is 1. The number of nitrogens with zero attached hydrogens (tertiary/aromatic N) is 2. The molecule has 0 atom stereocenters. The Morgan fingerprint density at radius 3 is 2.85 bits per heavy atom. The van der Waals surface area contributed by atoms with Gasteiger partial charge in [-0.05, 0) is 31.9 Å². The van der Waals surface area contributed by atoms with Gasteiger partial charge in [-0.25, -0.2) is 4.98 Å². The van der Waals surface area contributed by atoms with Crippen LogP contribution in [0, 0.1) is 5.92 Å². The number of carbonyl (C=O) groups is 1. The maximum atomic E-state index is 11.7. The molecule has 1 aliphatic rings. The van der Waals surface area contributed by atoms with Gasteiger partial charge in [0.1, 0.15) is 0 Å². The van der Waals surface area contributed by atoms with E-state index in [0.717, 1.165) is 42.9 Å². The number of hydrogen-bond donors (Lipinski definition) is 1. The van der Waals surface area contributed by atoms with Gasteiger partial charge in [0, 0.05) is 13.1 Å². The molecule has 1 N–H and O–H groups in total. The Hall–Kier alpha value is -2.04. The number of benzene rings is 1. The van der Waals surface area contributed by atoms with Crippen LogP contribution in [0.3, 0.4) is 0 Å². The standard InChI is InChI=1S/C15H19N3O2/c1-2-20-14(19)11-7-9-18(10-8-11)15-16-12-5-3-4-6-13(12)17-15/h3-6,11H,2,7-10H2,1H3,(H,16,17).